The molecule has 0 radical (unpaired) electrons. The predicted octanol–water partition coefficient (Wildman–Crippen LogP) is 1.63. The van der Waals surface area contributed by atoms with Crippen molar-refractivity contribution in [3.63, 3.8) is 0 Å². The van der Waals surface area contributed by atoms with Gasteiger partial charge in [-0.05, 0) is 18.2 Å². The number of hydrogen-bond donors (Lipinski definition) is 2. The van der Waals surface area contributed by atoms with Gasteiger partial charge in [-0.1, -0.05) is 23.8 Å². The summed E-state index contributed by atoms with van der Waals surface area (Å²) in [6, 6.07) is 5.43. The van der Waals surface area contributed by atoms with Crippen LogP contribution in [0.2, 0.25) is 5.02 Å². The van der Waals surface area contributed by atoms with Crippen LogP contribution in [0.4, 0.5) is 5.69 Å². The second-order valence-electron chi connectivity index (χ2n) is 3.77. The molecule has 2 rings (SSSR count). The highest BCUT2D eigenvalue weighted by Crippen LogP contribution is 2.21. The van der Waals surface area contributed by atoms with Crippen LogP contribution in [0.15, 0.2) is 18.2 Å². The van der Waals surface area contributed by atoms with Crippen LogP contribution in [0.1, 0.15) is 5.56 Å². The van der Waals surface area contributed by atoms with Crippen molar-refractivity contribution in [1.82, 2.24) is 5.01 Å². The van der Waals surface area contributed by atoms with Gasteiger partial charge in [0.25, 0.3) is 0 Å². The van der Waals surface area contributed by atoms with E-state index in [0.29, 0.717) is 10.0 Å². The maximum atomic E-state index is 5.97. The summed E-state index contributed by atoms with van der Waals surface area (Å²) in [5.41, 5.74) is 10.6. The zero-order valence-electron chi connectivity index (χ0n) is 9.28. The van der Waals surface area contributed by atoms with E-state index in [-0.39, 0.29) is 0 Å². The molecule has 1 aliphatic rings. The van der Waals surface area contributed by atoms with Crippen LogP contribution in [0.3, 0.4) is 0 Å². The van der Waals surface area contributed by atoms with E-state index in [9.17, 15) is 0 Å². The standard InChI is InChI=1S/C11H14ClN3OS/c12-8-1-2-9(11(13)17)10(7-8)14-15-3-5-16-6-4-15/h1-2,7,14H,3-6H2,(H2,13,17). The van der Waals surface area contributed by atoms with E-state index in [1.54, 1.807) is 6.07 Å². The third-order valence-corrected chi connectivity index (χ3v) is 2.99. The van der Waals surface area contributed by atoms with Gasteiger partial charge in [0, 0.05) is 23.7 Å². The predicted molar refractivity (Wildman–Crippen MR) is 73.4 cm³/mol. The monoisotopic (exact) mass is 271 g/mol. The normalized spacial score (nSPS) is 16.8. The molecule has 0 bridgehead atoms. The van der Waals surface area contributed by atoms with Gasteiger partial charge in [-0.15, -0.1) is 0 Å². The Balaban J connectivity index is 2.17. The van der Waals surface area contributed by atoms with E-state index >= 15 is 0 Å². The van der Waals surface area contributed by atoms with Crippen LogP contribution >= 0.6 is 23.8 Å². The number of hydrogen-bond acceptors (Lipinski definition) is 4. The molecule has 1 aliphatic heterocycles. The van der Waals surface area contributed by atoms with Crippen molar-refractivity contribution in [2.24, 2.45) is 5.73 Å². The van der Waals surface area contributed by atoms with Crippen LogP contribution in [0, 0.1) is 0 Å². The zero-order chi connectivity index (χ0) is 12.3. The lowest BCUT2D eigenvalue weighted by molar-refractivity contribution is 0.0497. The fourth-order valence-corrected chi connectivity index (χ4v) is 2.02. The molecule has 92 valence electrons. The van der Waals surface area contributed by atoms with Crippen molar-refractivity contribution in [1.29, 1.82) is 0 Å². The van der Waals surface area contributed by atoms with E-state index in [0.717, 1.165) is 37.6 Å². The lowest BCUT2D eigenvalue weighted by atomic mass is 10.2. The second kappa shape index (κ2) is 5.64. The highest BCUT2D eigenvalue weighted by molar-refractivity contribution is 7.80. The van der Waals surface area contributed by atoms with Gasteiger partial charge < -0.3 is 15.9 Å². The third kappa shape index (κ3) is 3.29. The topological polar surface area (TPSA) is 50.5 Å². The van der Waals surface area contributed by atoms with Gasteiger partial charge in [-0.25, -0.2) is 5.01 Å². The lowest BCUT2D eigenvalue weighted by Crippen LogP contribution is -2.40. The first-order valence-corrected chi connectivity index (χ1v) is 6.14. The first-order valence-electron chi connectivity index (χ1n) is 5.35. The van der Waals surface area contributed by atoms with Crippen molar-refractivity contribution in [2.45, 2.75) is 0 Å². The summed E-state index contributed by atoms with van der Waals surface area (Å²) in [6.45, 7) is 3.08. The van der Waals surface area contributed by atoms with Gasteiger partial charge in [-0.3, -0.25) is 0 Å². The molecule has 0 unspecified atom stereocenters. The molecule has 1 saturated heterocycles. The average molecular weight is 272 g/mol. The molecule has 0 amide bonds. The van der Waals surface area contributed by atoms with Gasteiger partial charge in [-0.2, -0.15) is 0 Å². The largest absolute Gasteiger partial charge is 0.389 e. The summed E-state index contributed by atoms with van der Waals surface area (Å²) in [5, 5.41) is 2.72. The molecular weight excluding hydrogens is 258 g/mol. The Morgan fingerprint density at radius 3 is 2.76 bits per heavy atom. The number of hydrazine groups is 1. The van der Waals surface area contributed by atoms with Crippen molar-refractivity contribution < 1.29 is 4.74 Å². The Morgan fingerprint density at radius 2 is 2.12 bits per heavy atom. The Labute approximate surface area is 111 Å². The van der Waals surface area contributed by atoms with Crippen LogP contribution in [0.5, 0.6) is 0 Å². The number of halogens is 1. The summed E-state index contributed by atoms with van der Waals surface area (Å²) in [7, 11) is 0. The minimum atomic E-state index is 0.359. The second-order valence-corrected chi connectivity index (χ2v) is 4.64. The fourth-order valence-electron chi connectivity index (χ4n) is 1.67. The fraction of sp³-hybridized carbons (Fsp3) is 0.364. The van der Waals surface area contributed by atoms with Crippen LogP contribution in [0.25, 0.3) is 0 Å². The number of nitrogens with zero attached hydrogens (tertiary/aromatic N) is 1. The number of rotatable bonds is 3. The number of nitrogens with one attached hydrogen (secondary N) is 1. The third-order valence-electron chi connectivity index (χ3n) is 2.54. The average Bonchev–Trinajstić information content (AvgIpc) is 2.30. The smallest absolute Gasteiger partial charge is 0.106 e. The van der Waals surface area contributed by atoms with Crippen LogP contribution in [-0.2, 0) is 4.74 Å². The maximum absolute atomic E-state index is 5.97. The summed E-state index contributed by atoms with van der Waals surface area (Å²) < 4.78 is 5.28. The SMILES string of the molecule is NC(=S)c1ccc(Cl)cc1NN1CCOCC1. The minimum absolute atomic E-state index is 0.359. The van der Waals surface area contributed by atoms with E-state index in [2.05, 4.69) is 10.4 Å². The molecule has 0 atom stereocenters. The number of benzene rings is 1. The van der Waals surface area contributed by atoms with E-state index < -0.39 is 0 Å². The molecule has 4 nitrogen and oxygen atoms in total. The Morgan fingerprint density at radius 1 is 1.41 bits per heavy atom. The minimum Gasteiger partial charge on any atom is -0.389 e. The molecule has 1 heterocycles. The summed E-state index contributed by atoms with van der Waals surface area (Å²) in [5.74, 6) is 0. The quantitative estimate of drug-likeness (QED) is 0.819. The van der Waals surface area contributed by atoms with E-state index in [4.69, 9.17) is 34.3 Å². The molecule has 6 heteroatoms. The van der Waals surface area contributed by atoms with Gasteiger partial charge >= 0.3 is 0 Å². The molecular formula is C11H14ClN3OS. The molecule has 0 saturated carbocycles. The summed E-state index contributed by atoms with van der Waals surface area (Å²) in [6.07, 6.45) is 0. The van der Waals surface area contributed by atoms with Crippen molar-refractivity contribution in [3.05, 3.63) is 28.8 Å². The zero-order valence-corrected chi connectivity index (χ0v) is 10.9. The highest BCUT2D eigenvalue weighted by Gasteiger charge is 2.13. The first kappa shape index (κ1) is 12.6. The number of nitrogens with two attached hydrogens (primary N) is 1. The van der Waals surface area contributed by atoms with Gasteiger partial charge in [0.1, 0.15) is 4.99 Å². The number of anilines is 1. The molecule has 0 spiro atoms. The molecule has 1 aromatic rings. The summed E-state index contributed by atoms with van der Waals surface area (Å²) >= 11 is 11.0. The number of thiocarbonyl (C=S) groups is 1. The van der Waals surface area contributed by atoms with Crippen molar-refractivity contribution in [3.8, 4) is 0 Å². The van der Waals surface area contributed by atoms with E-state index in [1.165, 1.54) is 0 Å². The van der Waals surface area contributed by atoms with Crippen LogP contribution < -0.4 is 11.2 Å². The molecule has 0 aromatic heterocycles. The van der Waals surface area contributed by atoms with Gasteiger partial charge in [0.05, 0.1) is 18.9 Å². The molecule has 17 heavy (non-hydrogen) atoms. The van der Waals surface area contributed by atoms with Crippen molar-refractivity contribution in [2.75, 3.05) is 31.7 Å². The first-order chi connectivity index (χ1) is 8.16. The van der Waals surface area contributed by atoms with Crippen LogP contribution in [-0.4, -0.2) is 36.3 Å². The molecule has 1 aromatic carbocycles. The molecule has 0 aliphatic carbocycles. The maximum Gasteiger partial charge on any atom is 0.106 e. The molecule has 3 N–H and O–H groups in total. The number of ether oxygens (including phenoxy) is 1. The van der Waals surface area contributed by atoms with Gasteiger partial charge in [0.15, 0.2) is 0 Å². The lowest BCUT2D eigenvalue weighted by Gasteiger charge is -2.28. The highest BCUT2D eigenvalue weighted by atomic mass is 35.5. The van der Waals surface area contributed by atoms with E-state index in [1.807, 2.05) is 12.1 Å². The number of morpholine rings is 1. The van der Waals surface area contributed by atoms with Crippen molar-refractivity contribution >= 4 is 34.5 Å². The Hall–Kier alpha value is -0.880. The Bertz CT molecular complexity index is 421. The molecule has 1 fully saturated rings. The Kier molecular flexibility index (Phi) is 4.17. The summed E-state index contributed by atoms with van der Waals surface area (Å²) in [4.78, 5) is 0.359. The van der Waals surface area contributed by atoms with Gasteiger partial charge in [0.2, 0.25) is 0 Å².